The summed E-state index contributed by atoms with van der Waals surface area (Å²) in [6.07, 6.45) is 0.501. The van der Waals surface area contributed by atoms with E-state index in [-0.39, 0.29) is 25.1 Å². The van der Waals surface area contributed by atoms with Crippen LogP contribution < -0.4 is 10.1 Å². The lowest BCUT2D eigenvalue weighted by Crippen LogP contribution is -2.46. The summed E-state index contributed by atoms with van der Waals surface area (Å²) in [5, 5.41) is 6.73. The SMILES string of the molecule is COCCc1noc(CN2C(=O)N[C@@H](c3ccc(OC)cc3)C3=C2COC3=O)n1. The van der Waals surface area contributed by atoms with Crippen LogP contribution in [0.3, 0.4) is 0 Å². The number of urea groups is 1. The van der Waals surface area contributed by atoms with E-state index >= 15 is 0 Å². The number of nitrogens with one attached hydrogen (secondary N) is 1. The minimum absolute atomic E-state index is 0.0128. The van der Waals surface area contributed by atoms with Crippen molar-refractivity contribution in [2.45, 2.75) is 19.0 Å². The molecule has 0 bridgehead atoms. The molecule has 1 atom stereocenters. The van der Waals surface area contributed by atoms with E-state index in [0.717, 1.165) is 5.56 Å². The lowest BCUT2D eigenvalue weighted by Gasteiger charge is -2.32. The maximum absolute atomic E-state index is 12.8. The molecule has 3 heterocycles. The van der Waals surface area contributed by atoms with Gasteiger partial charge in [-0.1, -0.05) is 17.3 Å². The molecule has 0 saturated carbocycles. The van der Waals surface area contributed by atoms with Gasteiger partial charge in [-0.15, -0.1) is 0 Å². The van der Waals surface area contributed by atoms with E-state index in [9.17, 15) is 9.59 Å². The number of aromatic nitrogens is 2. The van der Waals surface area contributed by atoms with Crippen LogP contribution in [0.2, 0.25) is 0 Å². The summed E-state index contributed by atoms with van der Waals surface area (Å²) in [6, 6.07) is 6.17. The van der Waals surface area contributed by atoms with Gasteiger partial charge in [0, 0.05) is 13.5 Å². The molecule has 152 valence electrons. The molecule has 0 spiro atoms. The molecule has 1 aromatic carbocycles. The molecule has 1 N–H and O–H groups in total. The number of methoxy groups -OCH3 is 2. The van der Waals surface area contributed by atoms with E-state index < -0.39 is 12.0 Å². The summed E-state index contributed by atoms with van der Waals surface area (Å²) < 4.78 is 20.6. The second-order valence-electron chi connectivity index (χ2n) is 6.53. The second kappa shape index (κ2) is 7.92. The number of hydrogen-bond acceptors (Lipinski definition) is 8. The number of esters is 1. The Morgan fingerprint density at radius 2 is 2.03 bits per heavy atom. The molecule has 4 rings (SSSR count). The van der Waals surface area contributed by atoms with Gasteiger partial charge >= 0.3 is 12.0 Å². The molecule has 0 saturated heterocycles. The molecule has 10 nitrogen and oxygen atoms in total. The lowest BCUT2D eigenvalue weighted by atomic mass is 9.95. The molecular formula is C19H20N4O6. The molecule has 0 fully saturated rings. The number of ether oxygens (including phenoxy) is 3. The van der Waals surface area contributed by atoms with Crippen molar-refractivity contribution in [2.24, 2.45) is 0 Å². The number of nitrogens with zero attached hydrogens (tertiary/aromatic N) is 3. The van der Waals surface area contributed by atoms with Crippen LogP contribution >= 0.6 is 0 Å². The fourth-order valence-electron chi connectivity index (χ4n) is 3.31. The molecule has 2 aliphatic rings. The van der Waals surface area contributed by atoms with Crippen molar-refractivity contribution in [2.75, 3.05) is 27.4 Å². The first-order valence-electron chi connectivity index (χ1n) is 9.03. The molecule has 2 amide bonds. The second-order valence-corrected chi connectivity index (χ2v) is 6.53. The highest BCUT2D eigenvalue weighted by Crippen LogP contribution is 2.36. The average Bonchev–Trinajstić information content (AvgIpc) is 3.35. The largest absolute Gasteiger partial charge is 0.497 e. The minimum atomic E-state index is -0.602. The van der Waals surface area contributed by atoms with E-state index in [0.29, 0.717) is 35.9 Å². The molecule has 1 aromatic heterocycles. The Morgan fingerprint density at radius 1 is 1.24 bits per heavy atom. The first-order valence-corrected chi connectivity index (χ1v) is 9.03. The molecule has 0 unspecified atom stereocenters. The third-order valence-corrected chi connectivity index (χ3v) is 4.78. The minimum Gasteiger partial charge on any atom is -0.497 e. The van der Waals surface area contributed by atoms with E-state index in [2.05, 4.69) is 15.5 Å². The molecule has 0 radical (unpaired) electrons. The maximum atomic E-state index is 12.8. The summed E-state index contributed by atoms with van der Waals surface area (Å²) in [7, 11) is 3.16. The van der Waals surface area contributed by atoms with Crippen molar-refractivity contribution in [3.63, 3.8) is 0 Å². The van der Waals surface area contributed by atoms with Crippen LogP contribution in [0.15, 0.2) is 40.1 Å². The van der Waals surface area contributed by atoms with E-state index in [1.807, 2.05) is 0 Å². The third-order valence-electron chi connectivity index (χ3n) is 4.78. The number of carbonyl (C=O) groups is 2. The topological polar surface area (TPSA) is 116 Å². The number of benzene rings is 1. The van der Waals surface area contributed by atoms with Gasteiger partial charge in [0.15, 0.2) is 5.82 Å². The number of hydrogen-bond donors (Lipinski definition) is 1. The normalized spacial score (nSPS) is 18.6. The maximum Gasteiger partial charge on any atom is 0.338 e. The third kappa shape index (κ3) is 3.66. The zero-order valence-electron chi connectivity index (χ0n) is 16.0. The standard InChI is InChI=1S/C19H20N4O6/c1-26-8-7-14-20-15(29-22-14)9-23-13-10-28-18(24)16(13)17(21-19(23)25)11-3-5-12(27-2)6-4-11/h3-6,17H,7-10H2,1-2H3,(H,21,25)/t17-/m0/s1. The smallest absolute Gasteiger partial charge is 0.338 e. The number of cyclic esters (lactones) is 1. The molecule has 29 heavy (non-hydrogen) atoms. The summed E-state index contributed by atoms with van der Waals surface area (Å²) in [6.45, 7) is 0.514. The molecule has 2 aliphatic heterocycles. The summed E-state index contributed by atoms with van der Waals surface area (Å²) in [4.78, 5) is 30.9. The van der Waals surface area contributed by atoms with Gasteiger partial charge in [-0.2, -0.15) is 4.98 Å². The highest BCUT2D eigenvalue weighted by molar-refractivity contribution is 5.97. The molecule has 0 aliphatic carbocycles. The van der Waals surface area contributed by atoms with Crippen molar-refractivity contribution in [1.29, 1.82) is 0 Å². The lowest BCUT2D eigenvalue weighted by molar-refractivity contribution is -0.136. The Balaban J connectivity index is 1.60. The van der Waals surface area contributed by atoms with E-state index in [1.54, 1.807) is 38.5 Å². The van der Waals surface area contributed by atoms with Crippen molar-refractivity contribution in [3.8, 4) is 5.75 Å². The zero-order chi connectivity index (χ0) is 20.4. The highest BCUT2D eigenvalue weighted by Gasteiger charge is 2.42. The van der Waals surface area contributed by atoms with Crippen LogP contribution in [-0.2, 0) is 27.2 Å². The average molecular weight is 400 g/mol. The van der Waals surface area contributed by atoms with Crippen molar-refractivity contribution in [3.05, 3.63) is 52.8 Å². The van der Waals surface area contributed by atoms with Crippen LogP contribution in [0.4, 0.5) is 4.79 Å². The fraction of sp³-hybridized carbons (Fsp3) is 0.368. The van der Waals surface area contributed by atoms with Crippen molar-refractivity contribution >= 4 is 12.0 Å². The Morgan fingerprint density at radius 3 is 2.76 bits per heavy atom. The predicted molar refractivity (Wildman–Crippen MR) is 97.7 cm³/mol. The van der Waals surface area contributed by atoms with E-state index in [4.69, 9.17) is 18.7 Å². The Kier molecular flexibility index (Phi) is 5.17. The van der Waals surface area contributed by atoms with E-state index in [1.165, 1.54) is 4.90 Å². The van der Waals surface area contributed by atoms with Gasteiger partial charge in [0.05, 0.1) is 31.0 Å². The monoisotopic (exact) mass is 400 g/mol. The first kappa shape index (κ1) is 18.9. The summed E-state index contributed by atoms with van der Waals surface area (Å²) >= 11 is 0. The molecule has 10 heteroatoms. The van der Waals surface area contributed by atoms with Gasteiger partial charge in [-0.3, -0.25) is 4.90 Å². The van der Waals surface area contributed by atoms with Crippen LogP contribution in [0.5, 0.6) is 5.75 Å². The van der Waals surface area contributed by atoms with Crippen LogP contribution in [0, 0.1) is 0 Å². The molecular weight excluding hydrogens is 380 g/mol. The fourth-order valence-corrected chi connectivity index (χ4v) is 3.31. The highest BCUT2D eigenvalue weighted by atomic mass is 16.5. The van der Waals surface area contributed by atoms with Crippen LogP contribution in [0.25, 0.3) is 0 Å². The summed E-state index contributed by atoms with van der Waals surface area (Å²) in [5.74, 6) is 0.974. The van der Waals surface area contributed by atoms with Crippen LogP contribution in [-0.4, -0.2) is 54.5 Å². The number of rotatable bonds is 7. The number of amides is 2. The number of carbonyl (C=O) groups excluding carboxylic acids is 2. The molecule has 2 aromatic rings. The Bertz CT molecular complexity index is 952. The van der Waals surface area contributed by atoms with Gasteiger partial charge < -0.3 is 24.1 Å². The summed E-state index contributed by atoms with van der Waals surface area (Å²) in [5.41, 5.74) is 1.65. The van der Waals surface area contributed by atoms with Gasteiger partial charge in [0.1, 0.15) is 18.9 Å². The van der Waals surface area contributed by atoms with Gasteiger partial charge in [-0.25, -0.2) is 9.59 Å². The van der Waals surface area contributed by atoms with Gasteiger partial charge in [0.25, 0.3) is 0 Å². The first-order chi connectivity index (χ1) is 14.1. The van der Waals surface area contributed by atoms with Crippen molar-refractivity contribution in [1.82, 2.24) is 20.4 Å². The van der Waals surface area contributed by atoms with Crippen molar-refractivity contribution < 1.29 is 28.3 Å². The zero-order valence-corrected chi connectivity index (χ0v) is 16.0. The Hall–Kier alpha value is -3.40. The Labute approximate surface area is 166 Å². The predicted octanol–water partition coefficient (Wildman–Crippen LogP) is 1.34. The van der Waals surface area contributed by atoms with Gasteiger partial charge in [-0.05, 0) is 17.7 Å². The quantitative estimate of drug-likeness (QED) is 0.693. The van der Waals surface area contributed by atoms with Crippen LogP contribution in [0.1, 0.15) is 23.3 Å². The van der Waals surface area contributed by atoms with Gasteiger partial charge in [0.2, 0.25) is 5.89 Å².